The number of carbonyl (C=O) groups is 1. The highest BCUT2D eigenvalue weighted by atomic mass is 35.5. The Labute approximate surface area is 161 Å². The van der Waals surface area contributed by atoms with Crippen molar-refractivity contribution in [2.45, 2.75) is 6.61 Å². The Hall–Kier alpha value is -2.55. The molecular weight excluding hydrogens is 378 g/mol. The molecule has 0 atom stereocenters. The number of hydrogen-bond acceptors (Lipinski definition) is 3. The van der Waals surface area contributed by atoms with Crippen LogP contribution in [0.3, 0.4) is 0 Å². The van der Waals surface area contributed by atoms with Crippen LogP contribution < -0.4 is 4.74 Å². The Morgan fingerprint density at radius 2 is 1.81 bits per heavy atom. The summed E-state index contributed by atoms with van der Waals surface area (Å²) in [6.45, 7) is 0.164. The van der Waals surface area contributed by atoms with E-state index in [-0.39, 0.29) is 33.8 Å². The molecule has 4 nitrogen and oxygen atoms in total. The second-order valence-electron chi connectivity index (χ2n) is 5.60. The van der Waals surface area contributed by atoms with E-state index in [0.717, 1.165) is 5.56 Å². The standard InChI is InChI=1S/C19H15Cl2FN2O2/c1-24(2)19(25)14(10-23)7-13-8-16(20)18(17(21)9-13)26-11-12-3-5-15(22)6-4-12/h3-9H,11H2,1-2H3/b14-7-. The summed E-state index contributed by atoms with van der Waals surface area (Å²) in [6, 6.07) is 10.8. The number of nitriles is 1. The van der Waals surface area contributed by atoms with Gasteiger partial charge in [-0.3, -0.25) is 4.79 Å². The number of hydrogen-bond donors (Lipinski definition) is 0. The van der Waals surface area contributed by atoms with Gasteiger partial charge in [0.2, 0.25) is 0 Å². The molecule has 0 aliphatic heterocycles. The molecule has 2 aromatic rings. The van der Waals surface area contributed by atoms with Gasteiger partial charge in [-0.15, -0.1) is 0 Å². The van der Waals surface area contributed by atoms with Crippen LogP contribution in [0.25, 0.3) is 6.08 Å². The van der Waals surface area contributed by atoms with E-state index in [9.17, 15) is 9.18 Å². The van der Waals surface area contributed by atoms with Gasteiger partial charge in [-0.25, -0.2) is 4.39 Å². The number of ether oxygens (including phenoxy) is 1. The number of amides is 1. The highest BCUT2D eigenvalue weighted by Gasteiger charge is 2.14. The van der Waals surface area contributed by atoms with Gasteiger partial charge in [0.1, 0.15) is 24.1 Å². The predicted molar refractivity (Wildman–Crippen MR) is 99.5 cm³/mol. The minimum absolute atomic E-state index is 0.0397. The largest absolute Gasteiger partial charge is 0.486 e. The van der Waals surface area contributed by atoms with E-state index in [1.54, 1.807) is 38.4 Å². The van der Waals surface area contributed by atoms with Crippen LogP contribution in [-0.4, -0.2) is 24.9 Å². The quantitative estimate of drug-likeness (QED) is 0.546. The van der Waals surface area contributed by atoms with E-state index in [4.69, 9.17) is 33.2 Å². The first-order chi connectivity index (χ1) is 12.3. The van der Waals surface area contributed by atoms with E-state index >= 15 is 0 Å². The lowest BCUT2D eigenvalue weighted by Gasteiger charge is -2.12. The molecule has 1 amide bonds. The molecule has 0 bridgehead atoms. The Balaban J connectivity index is 2.23. The summed E-state index contributed by atoms with van der Waals surface area (Å²) in [5.41, 5.74) is 1.22. The number of halogens is 3. The maximum atomic E-state index is 12.9. The Bertz CT molecular complexity index is 864. The first kappa shape index (κ1) is 19.8. The molecule has 0 saturated carbocycles. The maximum absolute atomic E-state index is 12.9. The van der Waals surface area contributed by atoms with Gasteiger partial charge in [-0.1, -0.05) is 35.3 Å². The average Bonchev–Trinajstić information content (AvgIpc) is 2.59. The Kier molecular flexibility index (Phi) is 6.62. The molecule has 2 aromatic carbocycles. The maximum Gasteiger partial charge on any atom is 0.264 e. The molecule has 2 rings (SSSR count). The van der Waals surface area contributed by atoms with Gasteiger partial charge >= 0.3 is 0 Å². The molecule has 26 heavy (non-hydrogen) atoms. The Morgan fingerprint density at radius 1 is 1.23 bits per heavy atom. The van der Waals surface area contributed by atoms with E-state index in [0.29, 0.717) is 5.56 Å². The third-order valence-corrected chi connectivity index (χ3v) is 3.95. The molecule has 0 unspecified atom stereocenters. The Morgan fingerprint density at radius 3 is 2.31 bits per heavy atom. The lowest BCUT2D eigenvalue weighted by molar-refractivity contribution is -0.124. The number of nitrogens with zero attached hydrogens (tertiary/aromatic N) is 2. The number of benzene rings is 2. The van der Waals surface area contributed by atoms with Crippen LogP contribution in [0, 0.1) is 17.1 Å². The lowest BCUT2D eigenvalue weighted by Crippen LogP contribution is -2.22. The molecule has 0 N–H and O–H groups in total. The molecular formula is C19H15Cl2FN2O2. The van der Waals surface area contributed by atoms with E-state index in [1.165, 1.54) is 23.1 Å². The molecule has 0 saturated heterocycles. The van der Waals surface area contributed by atoms with Crippen molar-refractivity contribution in [2.24, 2.45) is 0 Å². The van der Waals surface area contributed by atoms with E-state index in [2.05, 4.69) is 0 Å². The highest BCUT2D eigenvalue weighted by molar-refractivity contribution is 6.37. The average molecular weight is 393 g/mol. The zero-order valence-electron chi connectivity index (χ0n) is 14.1. The third kappa shape index (κ3) is 4.98. The topological polar surface area (TPSA) is 53.3 Å². The van der Waals surface area contributed by atoms with Crippen LogP contribution >= 0.6 is 23.2 Å². The van der Waals surface area contributed by atoms with Crippen molar-refractivity contribution < 1.29 is 13.9 Å². The van der Waals surface area contributed by atoms with Crippen LogP contribution in [0.15, 0.2) is 42.0 Å². The predicted octanol–water partition coefficient (Wildman–Crippen LogP) is 4.71. The van der Waals surface area contributed by atoms with Gasteiger partial charge < -0.3 is 9.64 Å². The highest BCUT2D eigenvalue weighted by Crippen LogP contribution is 2.35. The van der Waals surface area contributed by atoms with Crippen molar-refractivity contribution in [2.75, 3.05) is 14.1 Å². The van der Waals surface area contributed by atoms with Crippen LogP contribution in [0.1, 0.15) is 11.1 Å². The van der Waals surface area contributed by atoms with Gasteiger partial charge in [0.15, 0.2) is 5.75 Å². The molecule has 0 radical (unpaired) electrons. The molecule has 134 valence electrons. The zero-order chi connectivity index (χ0) is 19.3. The summed E-state index contributed by atoms with van der Waals surface area (Å²) in [5, 5.41) is 9.62. The first-order valence-electron chi connectivity index (χ1n) is 7.51. The van der Waals surface area contributed by atoms with Crippen LogP contribution in [0.4, 0.5) is 4.39 Å². The smallest absolute Gasteiger partial charge is 0.264 e. The van der Waals surface area contributed by atoms with Crippen molar-refractivity contribution in [3.8, 4) is 11.8 Å². The van der Waals surface area contributed by atoms with Gasteiger partial charge in [0.05, 0.1) is 10.0 Å². The molecule has 0 fully saturated rings. The van der Waals surface area contributed by atoms with E-state index in [1.807, 2.05) is 6.07 Å². The summed E-state index contributed by atoms with van der Waals surface area (Å²) >= 11 is 12.4. The van der Waals surface area contributed by atoms with Gasteiger partial charge in [-0.2, -0.15) is 5.26 Å². The summed E-state index contributed by atoms with van der Waals surface area (Å²) in [5.74, 6) is -0.481. The summed E-state index contributed by atoms with van der Waals surface area (Å²) in [7, 11) is 3.11. The van der Waals surface area contributed by atoms with Crippen molar-refractivity contribution in [3.05, 3.63) is 69.0 Å². The van der Waals surface area contributed by atoms with Crippen LogP contribution in [0.2, 0.25) is 10.0 Å². The monoisotopic (exact) mass is 392 g/mol. The number of rotatable bonds is 5. The number of carbonyl (C=O) groups excluding carboxylic acids is 1. The van der Waals surface area contributed by atoms with Crippen molar-refractivity contribution in [1.82, 2.24) is 4.90 Å². The minimum Gasteiger partial charge on any atom is -0.486 e. The molecule has 0 aliphatic carbocycles. The minimum atomic E-state index is -0.420. The number of likely N-dealkylation sites (N-methyl/N-ethyl adjacent to an activating group) is 1. The van der Waals surface area contributed by atoms with Gasteiger partial charge in [0.25, 0.3) is 5.91 Å². The summed E-state index contributed by atoms with van der Waals surface area (Å²) < 4.78 is 18.5. The van der Waals surface area contributed by atoms with E-state index < -0.39 is 5.91 Å². The second kappa shape index (κ2) is 8.70. The van der Waals surface area contributed by atoms with Crippen LogP contribution in [-0.2, 0) is 11.4 Å². The van der Waals surface area contributed by atoms with Crippen molar-refractivity contribution >= 4 is 35.2 Å². The van der Waals surface area contributed by atoms with Crippen molar-refractivity contribution in [3.63, 3.8) is 0 Å². The summed E-state index contributed by atoms with van der Waals surface area (Å²) in [6.07, 6.45) is 1.41. The SMILES string of the molecule is CN(C)C(=O)/C(C#N)=C\c1cc(Cl)c(OCc2ccc(F)cc2)c(Cl)c1. The fraction of sp³-hybridized carbons (Fsp3) is 0.158. The van der Waals surface area contributed by atoms with Gasteiger partial charge in [-0.05, 0) is 41.5 Å². The molecule has 0 aromatic heterocycles. The third-order valence-electron chi connectivity index (χ3n) is 3.39. The first-order valence-corrected chi connectivity index (χ1v) is 8.27. The zero-order valence-corrected chi connectivity index (χ0v) is 15.6. The van der Waals surface area contributed by atoms with Gasteiger partial charge in [0, 0.05) is 14.1 Å². The molecule has 7 heteroatoms. The second-order valence-corrected chi connectivity index (χ2v) is 6.41. The fourth-order valence-corrected chi connectivity index (χ4v) is 2.70. The molecule has 0 heterocycles. The van der Waals surface area contributed by atoms with Crippen LogP contribution in [0.5, 0.6) is 5.75 Å². The van der Waals surface area contributed by atoms with Crippen molar-refractivity contribution in [1.29, 1.82) is 5.26 Å². The normalized spacial score (nSPS) is 11.0. The summed E-state index contributed by atoms with van der Waals surface area (Å²) in [4.78, 5) is 13.2. The molecule has 0 aliphatic rings. The molecule has 0 spiro atoms. The lowest BCUT2D eigenvalue weighted by atomic mass is 10.1. The fourth-order valence-electron chi connectivity index (χ4n) is 2.09.